The van der Waals surface area contributed by atoms with E-state index in [4.69, 9.17) is 29.0 Å². The number of carbonyl (C=O) groups excluding carboxylic acids is 3. The third kappa shape index (κ3) is 16.4. The van der Waals surface area contributed by atoms with Crippen LogP contribution >= 0.6 is 0 Å². The maximum absolute atomic E-state index is 13.2. The van der Waals surface area contributed by atoms with Crippen molar-refractivity contribution in [3.05, 3.63) is 120 Å². The predicted octanol–water partition coefficient (Wildman–Crippen LogP) is 13.0. The summed E-state index contributed by atoms with van der Waals surface area (Å²) in [6, 6.07) is 33.5. The molecule has 300 valence electrons. The van der Waals surface area contributed by atoms with Gasteiger partial charge in [0.05, 0.1) is 11.1 Å². The highest BCUT2D eigenvalue weighted by molar-refractivity contribution is 5.90. The molecule has 0 saturated heterocycles. The molecule has 0 spiro atoms. The summed E-state index contributed by atoms with van der Waals surface area (Å²) < 4.78 is 11.1. The number of rotatable bonds is 26. The van der Waals surface area contributed by atoms with Crippen LogP contribution in [0.3, 0.4) is 0 Å². The molecule has 4 aromatic rings. The van der Waals surface area contributed by atoms with Gasteiger partial charge < -0.3 is 9.47 Å². The van der Waals surface area contributed by atoms with Gasteiger partial charge in [-0.3, -0.25) is 9.78 Å². The molecule has 56 heavy (non-hydrogen) atoms. The number of carbonyl (C=O) groups is 3. The number of unbranched alkanes of at least 4 members (excludes halogenated alkanes) is 12. The highest BCUT2D eigenvalue weighted by Gasteiger charge is 2.25. The Hall–Kier alpha value is -4.99. The first-order valence-corrected chi connectivity index (χ1v) is 20.4. The second-order valence-electron chi connectivity index (χ2n) is 14.0. The molecule has 0 saturated carbocycles. The number of hydrogen-bond acceptors (Lipinski definition) is 9. The second-order valence-corrected chi connectivity index (χ2v) is 14.0. The van der Waals surface area contributed by atoms with Crippen molar-refractivity contribution in [3.63, 3.8) is 0 Å². The summed E-state index contributed by atoms with van der Waals surface area (Å²) in [5.41, 5.74) is 4.50. The van der Waals surface area contributed by atoms with Gasteiger partial charge >= 0.3 is 18.1 Å². The van der Waals surface area contributed by atoms with Crippen LogP contribution in [0.1, 0.15) is 137 Å². The minimum absolute atomic E-state index is 0.278. The molecule has 9 heteroatoms. The van der Waals surface area contributed by atoms with E-state index < -0.39 is 30.7 Å². The molecule has 0 aliphatic heterocycles. The van der Waals surface area contributed by atoms with E-state index >= 15 is 0 Å². The van der Waals surface area contributed by atoms with Gasteiger partial charge in [-0.05, 0) is 59.4 Å². The number of ether oxygens (including phenoxy) is 2. The summed E-state index contributed by atoms with van der Waals surface area (Å²) in [7, 11) is 0. The standard InChI is InChI=1S/C47H58O9/c1-3-5-7-9-11-13-21-27-43(53-55-45(48)41-33-29-39(30-34-41)37-23-17-15-18-24-37)51-47(50)52-44(28-22-14-12-10-8-6-4-2)54-56-46(49)42-35-31-40(32-36-42)38-25-19-16-20-26-38/h15-20,23-26,29-36,43-44H,3-14,21-22,27-28H2,1-2H3. The molecule has 0 fully saturated rings. The summed E-state index contributed by atoms with van der Waals surface area (Å²) in [5, 5.41) is 0. The molecule has 4 rings (SSSR count). The fourth-order valence-electron chi connectivity index (χ4n) is 6.18. The monoisotopic (exact) mass is 766 g/mol. The molecule has 0 radical (unpaired) electrons. The molecule has 0 aliphatic rings. The molecule has 2 unspecified atom stereocenters. The van der Waals surface area contributed by atoms with Gasteiger partial charge in [0.25, 0.3) is 0 Å². The third-order valence-corrected chi connectivity index (χ3v) is 9.46. The van der Waals surface area contributed by atoms with Crippen molar-refractivity contribution in [1.29, 1.82) is 0 Å². The van der Waals surface area contributed by atoms with E-state index in [1.807, 2.05) is 84.9 Å². The van der Waals surface area contributed by atoms with Gasteiger partial charge in [0.2, 0.25) is 12.6 Å². The van der Waals surface area contributed by atoms with E-state index in [-0.39, 0.29) is 24.0 Å². The van der Waals surface area contributed by atoms with Crippen molar-refractivity contribution in [2.75, 3.05) is 0 Å². The molecule has 4 aromatic carbocycles. The highest BCUT2D eigenvalue weighted by atomic mass is 17.2. The molecule has 0 heterocycles. The fourth-order valence-corrected chi connectivity index (χ4v) is 6.18. The van der Waals surface area contributed by atoms with Gasteiger partial charge in [-0.15, -0.1) is 9.78 Å². The van der Waals surface area contributed by atoms with Crippen molar-refractivity contribution in [2.45, 2.75) is 129 Å². The average molecular weight is 767 g/mol. The van der Waals surface area contributed by atoms with Crippen LogP contribution in [0, 0.1) is 0 Å². The zero-order chi connectivity index (χ0) is 39.6. The first-order chi connectivity index (χ1) is 27.5. The van der Waals surface area contributed by atoms with E-state index in [1.54, 1.807) is 24.3 Å². The van der Waals surface area contributed by atoms with Crippen LogP contribution in [0.25, 0.3) is 22.3 Å². The summed E-state index contributed by atoms with van der Waals surface area (Å²) in [6.45, 7) is 4.35. The van der Waals surface area contributed by atoms with Crippen molar-refractivity contribution in [2.24, 2.45) is 0 Å². The topological polar surface area (TPSA) is 107 Å². The van der Waals surface area contributed by atoms with E-state index in [0.717, 1.165) is 73.6 Å². The fraction of sp³-hybridized carbons (Fsp3) is 0.426. The molecule has 9 nitrogen and oxygen atoms in total. The second kappa shape index (κ2) is 26.0. The minimum atomic E-state index is -1.23. The average Bonchev–Trinajstić information content (AvgIpc) is 3.24. The van der Waals surface area contributed by atoms with E-state index in [2.05, 4.69) is 13.8 Å². The van der Waals surface area contributed by atoms with Crippen LogP contribution in [0.15, 0.2) is 109 Å². The van der Waals surface area contributed by atoms with Crippen molar-refractivity contribution >= 4 is 18.1 Å². The first-order valence-electron chi connectivity index (χ1n) is 20.4. The Morgan fingerprint density at radius 2 is 0.732 bits per heavy atom. The summed E-state index contributed by atoms with van der Waals surface area (Å²) >= 11 is 0. The maximum atomic E-state index is 13.2. The van der Waals surface area contributed by atoms with Gasteiger partial charge in [0.1, 0.15) is 0 Å². The summed E-state index contributed by atoms with van der Waals surface area (Å²) in [6.07, 6.45) is 11.5. The highest BCUT2D eigenvalue weighted by Crippen LogP contribution is 2.22. The maximum Gasteiger partial charge on any atom is 0.513 e. The van der Waals surface area contributed by atoms with Gasteiger partial charge in [-0.1, -0.05) is 176 Å². The third-order valence-electron chi connectivity index (χ3n) is 9.46. The molecule has 2 atom stereocenters. The van der Waals surface area contributed by atoms with Crippen LogP contribution in [0.4, 0.5) is 4.79 Å². The Balaban J connectivity index is 1.34. The molecule has 0 amide bonds. The number of hydrogen-bond donors (Lipinski definition) is 0. The lowest BCUT2D eigenvalue weighted by Crippen LogP contribution is -2.28. The van der Waals surface area contributed by atoms with E-state index in [1.165, 1.54) is 25.7 Å². The van der Waals surface area contributed by atoms with Crippen LogP contribution in [-0.2, 0) is 29.0 Å². The molecule has 0 N–H and O–H groups in total. The smallest absolute Gasteiger partial charge is 0.400 e. The largest absolute Gasteiger partial charge is 0.513 e. The zero-order valence-corrected chi connectivity index (χ0v) is 33.0. The van der Waals surface area contributed by atoms with Crippen LogP contribution in [0.2, 0.25) is 0 Å². The van der Waals surface area contributed by atoms with E-state index in [0.29, 0.717) is 12.8 Å². The van der Waals surface area contributed by atoms with Crippen molar-refractivity contribution < 1.29 is 43.4 Å². The van der Waals surface area contributed by atoms with Crippen molar-refractivity contribution in [3.8, 4) is 22.3 Å². The van der Waals surface area contributed by atoms with Gasteiger partial charge in [0.15, 0.2) is 0 Å². The quantitative estimate of drug-likeness (QED) is 0.0203. The first kappa shape index (κ1) is 43.7. The van der Waals surface area contributed by atoms with Crippen LogP contribution < -0.4 is 0 Å². The Kier molecular flexibility index (Phi) is 20.3. The lowest BCUT2D eigenvalue weighted by Gasteiger charge is -2.20. The van der Waals surface area contributed by atoms with Gasteiger partial charge in [-0.2, -0.15) is 0 Å². The Morgan fingerprint density at radius 3 is 1.09 bits per heavy atom. The van der Waals surface area contributed by atoms with Crippen LogP contribution in [-0.4, -0.2) is 30.7 Å². The van der Waals surface area contributed by atoms with Crippen molar-refractivity contribution in [1.82, 2.24) is 0 Å². The molecular weight excluding hydrogens is 709 g/mol. The van der Waals surface area contributed by atoms with Gasteiger partial charge in [-0.25, -0.2) is 14.4 Å². The lowest BCUT2D eigenvalue weighted by molar-refractivity contribution is -0.348. The summed E-state index contributed by atoms with van der Waals surface area (Å²) in [5.74, 6) is -1.45. The Labute approximate surface area is 332 Å². The van der Waals surface area contributed by atoms with Gasteiger partial charge in [0, 0.05) is 12.8 Å². The lowest BCUT2D eigenvalue weighted by atomic mass is 10.0. The Morgan fingerprint density at radius 1 is 0.411 bits per heavy atom. The molecular formula is C47H58O9. The molecule has 0 aliphatic carbocycles. The van der Waals surface area contributed by atoms with Crippen LogP contribution in [0.5, 0.6) is 0 Å². The minimum Gasteiger partial charge on any atom is -0.400 e. The summed E-state index contributed by atoms with van der Waals surface area (Å²) in [4.78, 5) is 60.2. The van der Waals surface area contributed by atoms with E-state index in [9.17, 15) is 14.4 Å². The SMILES string of the molecule is CCCCCCCCCC(OOC(=O)c1ccc(-c2ccccc2)cc1)OC(=O)OC(CCCCCCCCC)OOC(=O)c1ccc(-c2ccccc2)cc1. The normalized spacial score (nSPS) is 12.0. The number of benzene rings is 4. The zero-order valence-electron chi connectivity index (χ0n) is 33.0. The molecule has 0 aromatic heterocycles. The Bertz CT molecular complexity index is 1550. The molecule has 0 bridgehead atoms. The predicted molar refractivity (Wildman–Crippen MR) is 217 cm³/mol.